The third kappa shape index (κ3) is 1.88. The smallest absolute Gasteiger partial charge is 0.151 e. The molecule has 0 saturated heterocycles. The van der Waals surface area contributed by atoms with Crippen molar-refractivity contribution in [2.75, 3.05) is 19.4 Å². The topological polar surface area (TPSA) is 80.4 Å². The highest BCUT2D eigenvalue weighted by molar-refractivity contribution is 7.91. The van der Waals surface area contributed by atoms with Crippen LogP contribution < -0.4 is 5.73 Å². The van der Waals surface area contributed by atoms with Crippen molar-refractivity contribution < 1.29 is 13.5 Å². The van der Waals surface area contributed by atoms with Crippen molar-refractivity contribution in [1.82, 2.24) is 0 Å². The SMILES string of the molecule is CS(=O)(=O)[C@@H]1[C@@H](c2ccccc2)[C@]1(CN)CO. The number of sulfone groups is 1. The predicted octanol–water partition coefficient (Wildman–Crippen LogP) is 0.134. The number of rotatable bonds is 4. The molecule has 0 radical (unpaired) electrons. The first-order valence-electron chi connectivity index (χ1n) is 5.52. The molecule has 0 bridgehead atoms. The summed E-state index contributed by atoms with van der Waals surface area (Å²) in [4.78, 5) is 0. The first-order chi connectivity index (χ1) is 7.97. The van der Waals surface area contributed by atoms with Crippen molar-refractivity contribution in [2.45, 2.75) is 11.2 Å². The van der Waals surface area contributed by atoms with Gasteiger partial charge in [-0.05, 0) is 5.56 Å². The van der Waals surface area contributed by atoms with E-state index in [-0.39, 0.29) is 19.1 Å². The molecule has 0 aliphatic heterocycles. The van der Waals surface area contributed by atoms with Gasteiger partial charge >= 0.3 is 0 Å². The van der Waals surface area contributed by atoms with E-state index in [1.165, 1.54) is 6.26 Å². The van der Waals surface area contributed by atoms with Crippen LogP contribution in [0.25, 0.3) is 0 Å². The maximum atomic E-state index is 11.7. The molecule has 4 nitrogen and oxygen atoms in total. The van der Waals surface area contributed by atoms with Crippen molar-refractivity contribution in [3.05, 3.63) is 35.9 Å². The normalized spacial score (nSPS) is 32.4. The van der Waals surface area contributed by atoms with Crippen LogP contribution in [0.5, 0.6) is 0 Å². The number of aliphatic hydroxyl groups is 1. The molecule has 3 atom stereocenters. The summed E-state index contributed by atoms with van der Waals surface area (Å²) in [6, 6.07) is 9.38. The molecule has 0 heterocycles. The molecule has 0 amide bonds. The zero-order valence-electron chi connectivity index (χ0n) is 9.70. The van der Waals surface area contributed by atoms with Crippen molar-refractivity contribution >= 4 is 9.84 Å². The molecule has 17 heavy (non-hydrogen) atoms. The first kappa shape index (κ1) is 12.5. The molecule has 3 N–H and O–H groups in total. The van der Waals surface area contributed by atoms with Crippen molar-refractivity contribution in [3.8, 4) is 0 Å². The molecule has 0 spiro atoms. The lowest BCUT2D eigenvalue weighted by atomic mass is 10.0. The zero-order valence-corrected chi connectivity index (χ0v) is 10.5. The Labute approximate surface area is 101 Å². The zero-order chi connectivity index (χ0) is 12.7. The largest absolute Gasteiger partial charge is 0.396 e. The molecule has 5 heteroatoms. The second-order valence-electron chi connectivity index (χ2n) is 4.73. The van der Waals surface area contributed by atoms with Gasteiger partial charge in [0.1, 0.15) is 0 Å². The third-order valence-electron chi connectivity index (χ3n) is 3.67. The summed E-state index contributed by atoms with van der Waals surface area (Å²) < 4.78 is 23.5. The van der Waals surface area contributed by atoms with E-state index in [1.54, 1.807) is 0 Å². The Bertz CT molecular complexity index is 494. The molecule has 2 rings (SSSR count). The van der Waals surface area contributed by atoms with E-state index in [1.807, 2.05) is 30.3 Å². The molecule has 94 valence electrons. The minimum absolute atomic E-state index is 0.181. The fraction of sp³-hybridized carbons (Fsp3) is 0.500. The standard InChI is InChI=1S/C12H17NO3S/c1-17(15,16)11-10(12(11,7-13)8-14)9-5-3-2-4-6-9/h2-6,10-11,14H,7-8,13H2,1H3/t10-,11-,12+/m1/s1. The summed E-state index contributed by atoms with van der Waals surface area (Å²) in [6.07, 6.45) is 1.21. The number of hydrogen-bond acceptors (Lipinski definition) is 4. The Morgan fingerprint density at radius 3 is 2.29 bits per heavy atom. The second-order valence-corrected chi connectivity index (χ2v) is 6.90. The van der Waals surface area contributed by atoms with Crippen LogP contribution in [-0.4, -0.2) is 38.2 Å². The summed E-state index contributed by atoms with van der Waals surface area (Å²) in [5.41, 5.74) is 5.90. The van der Waals surface area contributed by atoms with Gasteiger partial charge in [0.25, 0.3) is 0 Å². The van der Waals surface area contributed by atoms with Gasteiger partial charge in [-0.15, -0.1) is 0 Å². The fourth-order valence-corrected chi connectivity index (χ4v) is 4.80. The van der Waals surface area contributed by atoms with Gasteiger partial charge in [-0.25, -0.2) is 8.42 Å². The summed E-state index contributed by atoms with van der Waals surface area (Å²) in [7, 11) is -3.20. The molecular formula is C12H17NO3S. The third-order valence-corrected chi connectivity index (χ3v) is 5.34. The van der Waals surface area contributed by atoms with Gasteiger partial charge in [0.15, 0.2) is 9.84 Å². The van der Waals surface area contributed by atoms with Gasteiger partial charge in [0.2, 0.25) is 0 Å². The van der Waals surface area contributed by atoms with Gasteiger partial charge in [0.05, 0.1) is 11.9 Å². The minimum atomic E-state index is -3.20. The number of benzene rings is 1. The Kier molecular flexibility index (Phi) is 3.01. The fourth-order valence-electron chi connectivity index (χ4n) is 2.79. The van der Waals surface area contributed by atoms with Crippen LogP contribution >= 0.6 is 0 Å². The highest BCUT2D eigenvalue weighted by atomic mass is 32.2. The number of nitrogens with two attached hydrogens (primary N) is 1. The summed E-state index contributed by atoms with van der Waals surface area (Å²) in [6.45, 7) is -0.0123. The van der Waals surface area contributed by atoms with E-state index >= 15 is 0 Å². The van der Waals surface area contributed by atoms with E-state index in [9.17, 15) is 13.5 Å². The quantitative estimate of drug-likeness (QED) is 0.801. The van der Waals surface area contributed by atoms with Crippen molar-refractivity contribution in [3.63, 3.8) is 0 Å². The van der Waals surface area contributed by atoms with Crippen LogP contribution in [0, 0.1) is 5.41 Å². The molecule has 0 aromatic heterocycles. The first-order valence-corrected chi connectivity index (χ1v) is 7.47. The average molecular weight is 255 g/mol. The minimum Gasteiger partial charge on any atom is -0.396 e. The maximum Gasteiger partial charge on any atom is 0.151 e. The molecule has 1 saturated carbocycles. The Hall–Kier alpha value is -0.910. The molecule has 0 unspecified atom stereocenters. The monoisotopic (exact) mass is 255 g/mol. The lowest BCUT2D eigenvalue weighted by molar-refractivity contribution is 0.212. The highest BCUT2D eigenvalue weighted by Crippen LogP contribution is 2.61. The van der Waals surface area contributed by atoms with Gasteiger partial charge < -0.3 is 10.8 Å². The Balaban J connectivity index is 2.42. The molecule has 1 aliphatic rings. The number of aliphatic hydroxyl groups excluding tert-OH is 1. The van der Waals surface area contributed by atoms with Crippen LogP contribution in [0.4, 0.5) is 0 Å². The van der Waals surface area contributed by atoms with E-state index < -0.39 is 20.5 Å². The van der Waals surface area contributed by atoms with Crippen molar-refractivity contribution in [1.29, 1.82) is 0 Å². The maximum absolute atomic E-state index is 11.7. The molecule has 1 fully saturated rings. The van der Waals surface area contributed by atoms with Gasteiger partial charge in [-0.3, -0.25) is 0 Å². The lowest BCUT2D eigenvalue weighted by Crippen LogP contribution is -2.27. The van der Waals surface area contributed by atoms with E-state index in [2.05, 4.69) is 0 Å². The van der Waals surface area contributed by atoms with E-state index in [0.717, 1.165) is 5.56 Å². The van der Waals surface area contributed by atoms with E-state index in [0.29, 0.717) is 0 Å². The summed E-state index contributed by atoms with van der Waals surface area (Å²) >= 11 is 0. The van der Waals surface area contributed by atoms with Gasteiger partial charge in [-0.2, -0.15) is 0 Å². The van der Waals surface area contributed by atoms with E-state index in [4.69, 9.17) is 5.73 Å². The van der Waals surface area contributed by atoms with Crippen LogP contribution in [0.3, 0.4) is 0 Å². The second kappa shape index (κ2) is 4.08. The summed E-state index contributed by atoms with van der Waals surface area (Å²) in [5, 5.41) is 8.91. The van der Waals surface area contributed by atoms with Crippen LogP contribution in [0.15, 0.2) is 30.3 Å². The van der Waals surface area contributed by atoms with Crippen LogP contribution in [0.2, 0.25) is 0 Å². The highest BCUT2D eigenvalue weighted by Gasteiger charge is 2.68. The predicted molar refractivity (Wildman–Crippen MR) is 66.4 cm³/mol. The molecular weight excluding hydrogens is 238 g/mol. The summed E-state index contributed by atoms with van der Waals surface area (Å²) in [5.74, 6) is -0.186. The molecule has 1 aliphatic carbocycles. The van der Waals surface area contributed by atoms with Crippen LogP contribution in [-0.2, 0) is 9.84 Å². The van der Waals surface area contributed by atoms with Crippen LogP contribution in [0.1, 0.15) is 11.5 Å². The Morgan fingerprint density at radius 2 is 1.94 bits per heavy atom. The molecule has 1 aromatic rings. The Morgan fingerprint density at radius 1 is 1.35 bits per heavy atom. The van der Waals surface area contributed by atoms with Crippen molar-refractivity contribution in [2.24, 2.45) is 11.1 Å². The van der Waals surface area contributed by atoms with Gasteiger partial charge in [-0.1, -0.05) is 30.3 Å². The number of hydrogen-bond donors (Lipinski definition) is 2. The van der Waals surface area contributed by atoms with Gasteiger partial charge in [0, 0.05) is 24.1 Å². The average Bonchev–Trinajstić information content (AvgIpc) is 3.00. The molecule has 1 aromatic carbocycles. The lowest BCUT2D eigenvalue weighted by Gasteiger charge is -2.11.